The molecule has 166 valence electrons. The highest BCUT2D eigenvalue weighted by Gasteiger charge is 2.33. The number of anilines is 2. The predicted molar refractivity (Wildman–Crippen MR) is 117 cm³/mol. The summed E-state index contributed by atoms with van der Waals surface area (Å²) in [6.45, 7) is 1.21. The largest absolute Gasteiger partial charge is 0.419 e. The first-order valence-corrected chi connectivity index (χ1v) is 10.7. The average Bonchev–Trinajstić information content (AvgIpc) is 2.81. The van der Waals surface area contributed by atoms with E-state index in [2.05, 4.69) is 22.4 Å². The summed E-state index contributed by atoms with van der Waals surface area (Å²) >= 11 is 0. The summed E-state index contributed by atoms with van der Waals surface area (Å²) in [5, 5.41) is 3.09. The van der Waals surface area contributed by atoms with Gasteiger partial charge in [-0.2, -0.15) is 13.2 Å². The summed E-state index contributed by atoms with van der Waals surface area (Å²) < 4.78 is 38.3. The maximum absolute atomic E-state index is 12.9. The molecule has 2 aromatic carbocycles. The lowest BCUT2D eigenvalue weighted by molar-refractivity contribution is -0.367. The Morgan fingerprint density at radius 1 is 0.969 bits per heavy atom. The number of piperidine rings is 1. The van der Waals surface area contributed by atoms with Crippen LogP contribution in [0.5, 0.6) is 0 Å². The van der Waals surface area contributed by atoms with E-state index >= 15 is 0 Å². The van der Waals surface area contributed by atoms with Gasteiger partial charge in [0.1, 0.15) is 6.20 Å². The van der Waals surface area contributed by atoms with Crippen LogP contribution in [0.25, 0.3) is 0 Å². The molecule has 3 aromatic rings. The van der Waals surface area contributed by atoms with Gasteiger partial charge in [-0.25, -0.2) is 4.98 Å². The van der Waals surface area contributed by atoms with E-state index in [1.165, 1.54) is 11.6 Å². The monoisotopic (exact) mass is 440 g/mol. The zero-order valence-electron chi connectivity index (χ0n) is 17.5. The minimum atomic E-state index is -4.36. The first-order chi connectivity index (χ1) is 15.4. The molecule has 0 unspecified atom stereocenters. The number of para-hydroxylation sites is 1. The Labute approximate surface area is 185 Å². The van der Waals surface area contributed by atoms with Gasteiger partial charge in [-0.05, 0) is 42.5 Å². The predicted octanol–water partition coefficient (Wildman–Crippen LogP) is 4.97. The highest BCUT2D eigenvalue weighted by molar-refractivity contribution is 5.93. The van der Waals surface area contributed by atoms with Gasteiger partial charge in [-0.15, -0.1) is 0 Å². The Hall–Kier alpha value is -3.35. The number of rotatable bonds is 5. The molecule has 1 aromatic heterocycles. The standard InChI is InChI=1S/C25H24F3N3O/c26-25(27,28)21-10-11-23(29-17-21)31-14-12-19(13-15-31)24(32)30-22-9-5-4-8-20(22)16-18-6-2-1-3-7-18/h1-11,17,19H,12-16H2,(H,30,32)/p+1. The van der Waals surface area contributed by atoms with Crippen molar-refractivity contribution in [1.29, 1.82) is 0 Å². The maximum atomic E-state index is 12.9. The molecule has 1 amide bonds. The maximum Gasteiger partial charge on any atom is 0.419 e. The molecule has 0 bridgehead atoms. The van der Waals surface area contributed by atoms with Gasteiger partial charge in [0.25, 0.3) is 5.82 Å². The van der Waals surface area contributed by atoms with E-state index in [4.69, 9.17) is 0 Å². The number of nitrogens with zero attached hydrogens (tertiary/aromatic N) is 1. The molecule has 1 saturated heterocycles. The molecule has 1 fully saturated rings. The van der Waals surface area contributed by atoms with Crippen LogP contribution in [0.4, 0.5) is 24.7 Å². The van der Waals surface area contributed by atoms with Crippen molar-refractivity contribution in [3.05, 3.63) is 89.6 Å². The van der Waals surface area contributed by atoms with Gasteiger partial charge < -0.3 is 5.32 Å². The smallest absolute Gasteiger partial charge is 0.326 e. The van der Waals surface area contributed by atoms with Gasteiger partial charge >= 0.3 is 6.18 Å². The van der Waals surface area contributed by atoms with Crippen molar-refractivity contribution >= 4 is 17.4 Å². The Balaban J connectivity index is 1.35. The number of benzene rings is 2. The molecule has 32 heavy (non-hydrogen) atoms. The van der Waals surface area contributed by atoms with E-state index in [9.17, 15) is 18.0 Å². The number of amides is 1. The molecule has 2 N–H and O–H groups in total. The number of H-pyrrole nitrogens is 1. The third kappa shape index (κ3) is 5.28. The second kappa shape index (κ2) is 9.42. The number of aromatic nitrogens is 1. The molecule has 7 heteroatoms. The van der Waals surface area contributed by atoms with Crippen LogP contribution >= 0.6 is 0 Å². The van der Waals surface area contributed by atoms with E-state index in [0.717, 1.165) is 29.9 Å². The number of pyridine rings is 1. The van der Waals surface area contributed by atoms with Gasteiger partial charge in [0, 0.05) is 17.7 Å². The number of carbonyl (C=O) groups is 1. The number of hydrogen-bond acceptors (Lipinski definition) is 2. The van der Waals surface area contributed by atoms with Crippen molar-refractivity contribution in [3.63, 3.8) is 0 Å². The van der Waals surface area contributed by atoms with Crippen LogP contribution < -0.4 is 15.2 Å². The molecule has 1 aliphatic heterocycles. The van der Waals surface area contributed by atoms with E-state index in [0.29, 0.717) is 31.7 Å². The molecule has 2 heterocycles. The quantitative estimate of drug-likeness (QED) is 0.609. The van der Waals surface area contributed by atoms with Gasteiger partial charge in [-0.3, -0.25) is 9.69 Å². The molecular weight excluding hydrogens is 415 g/mol. The number of hydrogen-bond donors (Lipinski definition) is 1. The number of aromatic amines is 1. The molecule has 0 radical (unpaired) electrons. The lowest BCUT2D eigenvalue weighted by Crippen LogP contribution is -2.40. The van der Waals surface area contributed by atoms with Crippen LogP contribution in [0, 0.1) is 5.92 Å². The Morgan fingerprint density at radius 3 is 2.31 bits per heavy atom. The van der Waals surface area contributed by atoms with Crippen LogP contribution in [0.1, 0.15) is 29.5 Å². The summed E-state index contributed by atoms with van der Waals surface area (Å²) in [6.07, 6.45) is -1.36. The lowest BCUT2D eigenvalue weighted by Gasteiger charge is -2.27. The second-order valence-electron chi connectivity index (χ2n) is 8.03. The minimum Gasteiger partial charge on any atom is -0.326 e. The molecule has 0 saturated carbocycles. The summed E-state index contributed by atoms with van der Waals surface area (Å²) in [7, 11) is 0. The normalized spacial score (nSPS) is 14.9. The fourth-order valence-corrected chi connectivity index (χ4v) is 4.02. The van der Waals surface area contributed by atoms with Gasteiger partial charge in [0.05, 0.1) is 18.7 Å². The van der Waals surface area contributed by atoms with Crippen molar-refractivity contribution in [1.82, 2.24) is 0 Å². The molecule has 1 aliphatic rings. The summed E-state index contributed by atoms with van der Waals surface area (Å²) in [6, 6.07) is 20.4. The minimum absolute atomic E-state index is 0.0124. The molecule has 0 spiro atoms. The molecule has 0 aliphatic carbocycles. The van der Waals surface area contributed by atoms with Crippen molar-refractivity contribution in [2.75, 3.05) is 23.3 Å². The van der Waals surface area contributed by atoms with Gasteiger partial charge in [-0.1, -0.05) is 48.5 Å². The Morgan fingerprint density at radius 2 is 1.66 bits per heavy atom. The van der Waals surface area contributed by atoms with Crippen LogP contribution in [-0.2, 0) is 17.4 Å². The Bertz CT molecular complexity index is 1040. The molecule has 4 rings (SSSR count). The number of alkyl halides is 3. The van der Waals surface area contributed by atoms with Crippen molar-refractivity contribution in [2.24, 2.45) is 5.92 Å². The van der Waals surface area contributed by atoms with Crippen LogP contribution in [0.3, 0.4) is 0 Å². The van der Waals surface area contributed by atoms with Crippen LogP contribution in [-0.4, -0.2) is 19.0 Å². The number of halogens is 3. The molecular formula is C25H25F3N3O+. The van der Waals surface area contributed by atoms with E-state index in [1.807, 2.05) is 47.4 Å². The molecule has 0 atom stereocenters. The van der Waals surface area contributed by atoms with E-state index in [-0.39, 0.29) is 11.8 Å². The average molecular weight is 440 g/mol. The molecule has 4 nitrogen and oxygen atoms in total. The van der Waals surface area contributed by atoms with Crippen LogP contribution in [0.15, 0.2) is 72.9 Å². The number of carbonyl (C=O) groups excluding carboxylic acids is 1. The van der Waals surface area contributed by atoms with Crippen molar-refractivity contribution < 1.29 is 22.9 Å². The fourth-order valence-electron chi connectivity index (χ4n) is 4.02. The Kier molecular flexibility index (Phi) is 6.44. The van der Waals surface area contributed by atoms with E-state index < -0.39 is 11.7 Å². The van der Waals surface area contributed by atoms with Gasteiger partial charge in [0.2, 0.25) is 5.91 Å². The third-order valence-electron chi connectivity index (χ3n) is 5.84. The number of nitrogens with one attached hydrogen (secondary N) is 2. The zero-order valence-corrected chi connectivity index (χ0v) is 17.5. The van der Waals surface area contributed by atoms with Gasteiger partial charge in [0.15, 0.2) is 0 Å². The topological polar surface area (TPSA) is 46.5 Å². The highest BCUT2D eigenvalue weighted by Crippen LogP contribution is 2.29. The second-order valence-corrected chi connectivity index (χ2v) is 8.03. The zero-order chi connectivity index (χ0) is 22.6. The summed E-state index contributed by atoms with van der Waals surface area (Å²) in [4.78, 5) is 17.6. The van der Waals surface area contributed by atoms with E-state index in [1.54, 1.807) is 0 Å². The first kappa shape index (κ1) is 21.9. The SMILES string of the molecule is O=C(Nc1ccccc1Cc1ccccc1)C1CCN(c2ccc(C(F)(F)F)c[nH+]2)CC1. The van der Waals surface area contributed by atoms with Crippen molar-refractivity contribution in [2.45, 2.75) is 25.4 Å². The van der Waals surface area contributed by atoms with Crippen molar-refractivity contribution in [3.8, 4) is 0 Å². The first-order valence-electron chi connectivity index (χ1n) is 10.7. The lowest BCUT2D eigenvalue weighted by atomic mass is 9.95. The summed E-state index contributed by atoms with van der Waals surface area (Å²) in [5.41, 5.74) is 2.35. The highest BCUT2D eigenvalue weighted by atomic mass is 19.4. The fraction of sp³-hybridized carbons (Fsp3) is 0.280. The third-order valence-corrected chi connectivity index (χ3v) is 5.84. The summed E-state index contributed by atoms with van der Waals surface area (Å²) in [5.74, 6) is 0.483. The van der Waals surface area contributed by atoms with Crippen LogP contribution in [0.2, 0.25) is 0 Å².